The number of amides is 1. The summed E-state index contributed by atoms with van der Waals surface area (Å²) in [6, 6.07) is 19.8. The Hall–Kier alpha value is -3.34. The molecule has 0 saturated heterocycles. The van der Waals surface area contributed by atoms with E-state index >= 15 is 0 Å². The van der Waals surface area contributed by atoms with Gasteiger partial charge in [0, 0.05) is 11.4 Å². The zero-order valence-electron chi connectivity index (χ0n) is 14.5. The highest BCUT2D eigenvalue weighted by Gasteiger charge is 2.22. The maximum atomic E-state index is 13.4. The molecule has 0 heterocycles. The van der Waals surface area contributed by atoms with Crippen molar-refractivity contribution < 1.29 is 18.7 Å². The number of anilines is 2. The van der Waals surface area contributed by atoms with Gasteiger partial charge < -0.3 is 9.47 Å². The molecule has 0 spiro atoms. The van der Waals surface area contributed by atoms with E-state index in [4.69, 9.17) is 9.47 Å². The highest BCUT2D eigenvalue weighted by Crippen LogP contribution is 2.31. The second-order valence-electron chi connectivity index (χ2n) is 5.52. The van der Waals surface area contributed by atoms with Gasteiger partial charge in [0.2, 0.25) is 0 Å². The molecule has 3 rings (SSSR count). The van der Waals surface area contributed by atoms with Crippen molar-refractivity contribution in [2.24, 2.45) is 0 Å². The molecular formula is C21H18FNO3. The zero-order chi connectivity index (χ0) is 18.5. The molecule has 26 heavy (non-hydrogen) atoms. The Morgan fingerprint density at radius 2 is 1.38 bits per heavy atom. The standard InChI is InChI=1S/C21H18FNO3/c1-25-18-13-11-17(12-14-18)23(16-9-7-15(22)8-10-16)21(24)19-5-3-4-6-20(19)26-2/h3-14H,1-2H3. The summed E-state index contributed by atoms with van der Waals surface area (Å²) in [4.78, 5) is 14.8. The van der Waals surface area contributed by atoms with E-state index in [-0.39, 0.29) is 11.7 Å². The molecule has 0 unspecified atom stereocenters. The fourth-order valence-corrected chi connectivity index (χ4v) is 2.65. The van der Waals surface area contributed by atoms with E-state index in [9.17, 15) is 9.18 Å². The van der Waals surface area contributed by atoms with Gasteiger partial charge in [-0.25, -0.2) is 4.39 Å². The van der Waals surface area contributed by atoms with Crippen molar-refractivity contribution in [2.45, 2.75) is 0 Å². The molecule has 0 fully saturated rings. The van der Waals surface area contributed by atoms with E-state index in [2.05, 4.69) is 0 Å². The van der Waals surface area contributed by atoms with Crippen molar-refractivity contribution >= 4 is 17.3 Å². The van der Waals surface area contributed by atoms with Gasteiger partial charge in [-0.3, -0.25) is 9.69 Å². The Balaban J connectivity index is 2.10. The molecule has 0 saturated carbocycles. The maximum absolute atomic E-state index is 13.4. The van der Waals surface area contributed by atoms with Crippen molar-refractivity contribution in [1.29, 1.82) is 0 Å². The van der Waals surface area contributed by atoms with Crippen molar-refractivity contribution in [3.05, 3.63) is 84.2 Å². The summed E-state index contributed by atoms with van der Waals surface area (Å²) in [6.07, 6.45) is 0. The third-order valence-electron chi connectivity index (χ3n) is 3.96. The van der Waals surface area contributed by atoms with E-state index in [0.29, 0.717) is 28.4 Å². The van der Waals surface area contributed by atoms with Crippen LogP contribution in [-0.2, 0) is 0 Å². The molecule has 0 aromatic heterocycles. The molecule has 0 atom stereocenters. The molecular weight excluding hydrogens is 333 g/mol. The minimum atomic E-state index is -0.367. The molecule has 3 aromatic carbocycles. The number of benzene rings is 3. The molecule has 5 heteroatoms. The van der Waals surface area contributed by atoms with E-state index < -0.39 is 0 Å². The van der Waals surface area contributed by atoms with Crippen LogP contribution in [0.1, 0.15) is 10.4 Å². The topological polar surface area (TPSA) is 38.8 Å². The summed E-state index contributed by atoms with van der Waals surface area (Å²) in [5, 5.41) is 0. The van der Waals surface area contributed by atoms with Crippen LogP contribution < -0.4 is 14.4 Å². The van der Waals surface area contributed by atoms with Gasteiger partial charge in [-0.15, -0.1) is 0 Å². The Bertz CT molecular complexity index is 892. The highest BCUT2D eigenvalue weighted by molar-refractivity contribution is 6.12. The average molecular weight is 351 g/mol. The van der Waals surface area contributed by atoms with Gasteiger partial charge in [-0.1, -0.05) is 12.1 Å². The summed E-state index contributed by atoms with van der Waals surface area (Å²) in [5.74, 6) is 0.503. The van der Waals surface area contributed by atoms with E-state index in [1.165, 1.54) is 24.1 Å². The molecule has 132 valence electrons. The number of ether oxygens (including phenoxy) is 2. The first-order chi connectivity index (χ1) is 12.6. The SMILES string of the molecule is COc1ccc(N(C(=O)c2ccccc2OC)c2ccc(F)cc2)cc1. The minimum absolute atomic E-state index is 0.278. The third kappa shape index (κ3) is 3.52. The fraction of sp³-hybridized carbons (Fsp3) is 0.0952. The predicted octanol–water partition coefficient (Wildman–Crippen LogP) is 4.82. The zero-order valence-corrected chi connectivity index (χ0v) is 14.5. The smallest absolute Gasteiger partial charge is 0.266 e. The number of para-hydroxylation sites is 1. The molecule has 0 radical (unpaired) electrons. The molecule has 0 aliphatic rings. The molecule has 1 amide bonds. The summed E-state index contributed by atoms with van der Waals surface area (Å²) < 4.78 is 23.8. The van der Waals surface area contributed by atoms with Crippen LogP contribution >= 0.6 is 0 Å². The van der Waals surface area contributed by atoms with Crippen LogP contribution in [0, 0.1) is 5.82 Å². The highest BCUT2D eigenvalue weighted by atomic mass is 19.1. The van der Waals surface area contributed by atoms with Crippen LogP contribution in [0.3, 0.4) is 0 Å². The lowest BCUT2D eigenvalue weighted by Crippen LogP contribution is -2.26. The number of nitrogens with zero attached hydrogens (tertiary/aromatic N) is 1. The molecule has 0 aliphatic carbocycles. The van der Waals surface area contributed by atoms with Gasteiger partial charge in [0.15, 0.2) is 0 Å². The molecule has 0 N–H and O–H groups in total. The Morgan fingerprint density at radius 1 is 0.808 bits per heavy atom. The number of rotatable bonds is 5. The molecule has 4 nitrogen and oxygen atoms in total. The first kappa shape index (κ1) is 17.5. The summed E-state index contributed by atoms with van der Waals surface area (Å²) >= 11 is 0. The van der Waals surface area contributed by atoms with Gasteiger partial charge in [0.1, 0.15) is 17.3 Å². The van der Waals surface area contributed by atoms with Crippen LogP contribution in [0.2, 0.25) is 0 Å². The van der Waals surface area contributed by atoms with Crippen molar-refractivity contribution in [3.8, 4) is 11.5 Å². The number of hydrogen-bond donors (Lipinski definition) is 0. The van der Waals surface area contributed by atoms with Crippen molar-refractivity contribution in [1.82, 2.24) is 0 Å². The second-order valence-corrected chi connectivity index (χ2v) is 5.52. The monoisotopic (exact) mass is 351 g/mol. The van der Waals surface area contributed by atoms with Crippen LogP contribution in [0.4, 0.5) is 15.8 Å². The predicted molar refractivity (Wildman–Crippen MR) is 98.9 cm³/mol. The quantitative estimate of drug-likeness (QED) is 0.661. The summed E-state index contributed by atoms with van der Waals surface area (Å²) in [6.45, 7) is 0. The number of carbonyl (C=O) groups is 1. The van der Waals surface area contributed by atoms with Crippen molar-refractivity contribution in [2.75, 3.05) is 19.1 Å². The second kappa shape index (κ2) is 7.70. The lowest BCUT2D eigenvalue weighted by molar-refractivity contribution is 0.0996. The van der Waals surface area contributed by atoms with Crippen LogP contribution in [0.15, 0.2) is 72.8 Å². The molecule has 3 aromatic rings. The Morgan fingerprint density at radius 3 is 1.96 bits per heavy atom. The first-order valence-electron chi connectivity index (χ1n) is 8.01. The van der Waals surface area contributed by atoms with Crippen LogP contribution in [0.25, 0.3) is 0 Å². The minimum Gasteiger partial charge on any atom is -0.497 e. The summed E-state index contributed by atoms with van der Waals surface area (Å²) in [7, 11) is 3.09. The van der Waals surface area contributed by atoms with Gasteiger partial charge in [0.25, 0.3) is 5.91 Å². The number of carbonyl (C=O) groups excluding carboxylic acids is 1. The Kier molecular flexibility index (Phi) is 5.17. The maximum Gasteiger partial charge on any atom is 0.266 e. The number of halogens is 1. The average Bonchev–Trinajstić information content (AvgIpc) is 2.70. The van der Waals surface area contributed by atoms with E-state index in [0.717, 1.165) is 0 Å². The molecule has 0 aliphatic heterocycles. The van der Waals surface area contributed by atoms with Crippen LogP contribution in [0.5, 0.6) is 11.5 Å². The fourth-order valence-electron chi connectivity index (χ4n) is 2.65. The largest absolute Gasteiger partial charge is 0.497 e. The first-order valence-corrected chi connectivity index (χ1v) is 8.01. The lowest BCUT2D eigenvalue weighted by Gasteiger charge is -2.24. The van der Waals surface area contributed by atoms with Crippen LogP contribution in [-0.4, -0.2) is 20.1 Å². The van der Waals surface area contributed by atoms with Gasteiger partial charge in [-0.2, -0.15) is 0 Å². The van der Waals surface area contributed by atoms with Gasteiger partial charge in [-0.05, 0) is 60.7 Å². The van der Waals surface area contributed by atoms with E-state index in [1.54, 1.807) is 67.8 Å². The third-order valence-corrected chi connectivity index (χ3v) is 3.96. The van der Waals surface area contributed by atoms with Gasteiger partial charge >= 0.3 is 0 Å². The van der Waals surface area contributed by atoms with Crippen molar-refractivity contribution in [3.63, 3.8) is 0 Å². The summed E-state index contributed by atoms with van der Waals surface area (Å²) in [5.41, 5.74) is 1.59. The molecule has 0 bridgehead atoms. The number of hydrogen-bond acceptors (Lipinski definition) is 3. The number of methoxy groups -OCH3 is 2. The lowest BCUT2D eigenvalue weighted by atomic mass is 10.1. The Labute approximate surface area is 151 Å². The van der Waals surface area contributed by atoms with Gasteiger partial charge in [0.05, 0.1) is 19.8 Å². The normalized spacial score (nSPS) is 10.3. The van der Waals surface area contributed by atoms with E-state index in [1.807, 2.05) is 0 Å².